The van der Waals surface area contributed by atoms with Crippen molar-refractivity contribution in [3.8, 4) is 0 Å². The maximum atomic E-state index is 11.4. The van der Waals surface area contributed by atoms with Crippen LogP contribution in [0, 0.1) is 0 Å². The van der Waals surface area contributed by atoms with E-state index in [4.69, 9.17) is 5.73 Å². The van der Waals surface area contributed by atoms with Gasteiger partial charge in [0, 0.05) is 17.8 Å². The van der Waals surface area contributed by atoms with Crippen molar-refractivity contribution >= 4 is 11.6 Å². The lowest BCUT2D eigenvalue weighted by Gasteiger charge is -2.26. The summed E-state index contributed by atoms with van der Waals surface area (Å²) in [5.41, 5.74) is 9.18. The summed E-state index contributed by atoms with van der Waals surface area (Å²) in [6.07, 6.45) is 2.53. The van der Waals surface area contributed by atoms with Crippen LogP contribution >= 0.6 is 0 Å². The van der Waals surface area contributed by atoms with E-state index >= 15 is 0 Å². The van der Waals surface area contributed by atoms with Crippen LogP contribution in [0.25, 0.3) is 0 Å². The Bertz CT molecular complexity index is 468. The van der Waals surface area contributed by atoms with Crippen LogP contribution in [0.15, 0.2) is 18.2 Å². The van der Waals surface area contributed by atoms with Gasteiger partial charge in [0.15, 0.2) is 0 Å². The highest BCUT2D eigenvalue weighted by molar-refractivity contribution is 5.99. The predicted octanol–water partition coefficient (Wildman–Crippen LogP) is 1.91. The van der Waals surface area contributed by atoms with Crippen LogP contribution in [0.1, 0.15) is 36.9 Å². The molecule has 0 radical (unpaired) electrons. The molecule has 0 aromatic heterocycles. The average molecular weight is 261 g/mol. The molecule has 19 heavy (non-hydrogen) atoms. The van der Waals surface area contributed by atoms with Gasteiger partial charge in [-0.1, -0.05) is 12.1 Å². The van der Waals surface area contributed by atoms with Crippen LogP contribution in [0.4, 0.5) is 5.69 Å². The fourth-order valence-corrected chi connectivity index (χ4v) is 2.60. The molecule has 0 spiro atoms. The first-order valence-electron chi connectivity index (χ1n) is 6.82. The quantitative estimate of drug-likeness (QED) is 0.851. The van der Waals surface area contributed by atoms with Crippen LogP contribution in [-0.4, -0.2) is 30.9 Å². The Balaban J connectivity index is 2.18. The Kier molecular flexibility index (Phi) is 4.22. The fraction of sp³-hybridized carbons (Fsp3) is 0.533. The van der Waals surface area contributed by atoms with Crippen LogP contribution in [0.2, 0.25) is 0 Å². The minimum Gasteiger partial charge on any atom is -0.328 e. The zero-order valence-corrected chi connectivity index (χ0v) is 11.9. The predicted molar refractivity (Wildman–Crippen MR) is 78.1 cm³/mol. The smallest absolute Gasteiger partial charge is 0.228 e. The molecule has 0 saturated heterocycles. The number of nitrogens with zero attached hydrogens (tertiary/aromatic N) is 1. The van der Waals surface area contributed by atoms with E-state index in [1.54, 1.807) is 0 Å². The standard InChI is InChI=1S/C15H23N3O/c1-10(16)4-7-14(18(2)3)11-5-6-13-12(8-11)9-15(19)17-13/h5-6,8,10,14H,4,7,9,16H2,1-3H3,(H,17,19). The van der Waals surface area contributed by atoms with Crippen molar-refractivity contribution in [2.24, 2.45) is 5.73 Å². The summed E-state index contributed by atoms with van der Waals surface area (Å²) >= 11 is 0. The molecule has 1 aliphatic rings. The van der Waals surface area contributed by atoms with Crippen molar-refractivity contribution in [2.75, 3.05) is 19.4 Å². The first kappa shape index (κ1) is 14.0. The van der Waals surface area contributed by atoms with Crippen molar-refractivity contribution in [1.29, 1.82) is 0 Å². The highest BCUT2D eigenvalue weighted by atomic mass is 16.1. The number of rotatable bonds is 5. The first-order chi connectivity index (χ1) is 8.97. The molecule has 1 aromatic rings. The molecule has 2 rings (SSSR count). The molecule has 104 valence electrons. The van der Waals surface area contributed by atoms with Gasteiger partial charge in [0.05, 0.1) is 6.42 Å². The van der Waals surface area contributed by atoms with Gasteiger partial charge >= 0.3 is 0 Å². The second-order valence-electron chi connectivity index (χ2n) is 5.68. The molecule has 4 heteroatoms. The maximum absolute atomic E-state index is 11.4. The molecule has 4 nitrogen and oxygen atoms in total. The van der Waals surface area contributed by atoms with E-state index in [1.165, 1.54) is 5.56 Å². The van der Waals surface area contributed by atoms with Gasteiger partial charge in [-0.25, -0.2) is 0 Å². The van der Waals surface area contributed by atoms with Crippen molar-refractivity contribution in [1.82, 2.24) is 4.90 Å². The summed E-state index contributed by atoms with van der Waals surface area (Å²) in [5, 5.41) is 2.87. The van der Waals surface area contributed by atoms with Gasteiger partial charge in [-0.05, 0) is 51.1 Å². The normalized spacial score (nSPS) is 17.2. The minimum absolute atomic E-state index is 0.0872. The molecule has 1 amide bonds. The maximum Gasteiger partial charge on any atom is 0.228 e. The fourth-order valence-electron chi connectivity index (χ4n) is 2.60. The monoisotopic (exact) mass is 261 g/mol. The molecular formula is C15H23N3O. The summed E-state index contributed by atoms with van der Waals surface area (Å²) in [6, 6.07) is 6.85. The third-order valence-electron chi connectivity index (χ3n) is 3.66. The van der Waals surface area contributed by atoms with E-state index in [0.717, 1.165) is 24.1 Å². The largest absolute Gasteiger partial charge is 0.328 e. The van der Waals surface area contributed by atoms with Crippen LogP contribution in [0.3, 0.4) is 0 Å². The molecule has 0 bridgehead atoms. The number of nitrogens with two attached hydrogens (primary N) is 1. The second-order valence-corrected chi connectivity index (χ2v) is 5.68. The third kappa shape index (κ3) is 3.33. The summed E-state index contributed by atoms with van der Waals surface area (Å²) in [7, 11) is 4.17. The summed E-state index contributed by atoms with van der Waals surface area (Å²) in [4.78, 5) is 13.6. The number of hydrogen-bond donors (Lipinski definition) is 2. The zero-order chi connectivity index (χ0) is 14.0. The van der Waals surface area contributed by atoms with Crippen LogP contribution < -0.4 is 11.1 Å². The Morgan fingerprint density at radius 3 is 2.74 bits per heavy atom. The topological polar surface area (TPSA) is 58.4 Å². The molecular weight excluding hydrogens is 238 g/mol. The Labute approximate surface area is 115 Å². The van der Waals surface area contributed by atoms with Gasteiger partial charge in [0.2, 0.25) is 5.91 Å². The van der Waals surface area contributed by atoms with Crippen molar-refractivity contribution in [2.45, 2.75) is 38.3 Å². The molecule has 0 saturated carbocycles. The van der Waals surface area contributed by atoms with Gasteiger partial charge in [-0.2, -0.15) is 0 Å². The van der Waals surface area contributed by atoms with E-state index < -0.39 is 0 Å². The number of anilines is 1. The third-order valence-corrected chi connectivity index (χ3v) is 3.66. The molecule has 1 aromatic carbocycles. The Morgan fingerprint density at radius 2 is 2.11 bits per heavy atom. The minimum atomic E-state index is 0.0872. The molecule has 1 heterocycles. The van der Waals surface area contributed by atoms with Gasteiger partial charge in [-0.15, -0.1) is 0 Å². The molecule has 2 unspecified atom stereocenters. The van der Waals surface area contributed by atoms with E-state index in [1.807, 2.05) is 13.0 Å². The Hall–Kier alpha value is -1.39. The van der Waals surface area contributed by atoms with E-state index in [2.05, 4.69) is 36.4 Å². The number of nitrogens with one attached hydrogen (secondary N) is 1. The van der Waals surface area contributed by atoms with E-state index in [-0.39, 0.29) is 11.9 Å². The molecule has 0 aliphatic carbocycles. The average Bonchev–Trinajstić information content (AvgIpc) is 2.67. The number of carbonyl (C=O) groups excluding carboxylic acids is 1. The van der Waals surface area contributed by atoms with Crippen molar-refractivity contribution in [3.05, 3.63) is 29.3 Å². The number of carbonyl (C=O) groups is 1. The van der Waals surface area contributed by atoms with Gasteiger partial charge in [0.1, 0.15) is 0 Å². The van der Waals surface area contributed by atoms with Crippen molar-refractivity contribution in [3.63, 3.8) is 0 Å². The summed E-state index contributed by atoms with van der Waals surface area (Å²) in [5.74, 6) is 0.0872. The zero-order valence-electron chi connectivity index (χ0n) is 11.9. The number of benzene rings is 1. The molecule has 3 N–H and O–H groups in total. The van der Waals surface area contributed by atoms with Gasteiger partial charge < -0.3 is 16.0 Å². The SMILES string of the molecule is CC(N)CCC(c1ccc2c(c1)CC(=O)N2)N(C)C. The van der Waals surface area contributed by atoms with Crippen LogP contribution in [-0.2, 0) is 11.2 Å². The van der Waals surface area contributed by atoms with E-state index in [9.17, 15) is 4.79 Å². The van der Waals surface area contributed by atoms with Gasteiger partial charge in [-0.3, -0.25) is 4.79 Å². The van der Waals surface area contributed by atoms with E-state index in [0.29, 0.717) is 12.5 Å². The molecule has 0 fully saturated rings. The summed E-state index contributed by atoms with van der Waals surface area (Å²) < 4.78 is 0. The highest BCUT2D eigenvalue weighted by Crippen LogP contribution is 2.30. The number of fused-ring (bicyclic) bond motifs is 1. The van der Waals surface area contributed by atoms with Gasteiger partial charge in [0.25, 0.3) is 0 Å². The molecule has 2 atom stereocenters. The molecule has 1 aliphatic heterocycles. The second kappa shape index (κ2) is 5.72. The Morgan fingerprint density at radius 1 is 1.37 bits per heavy atom. The lowest BCUT2D eigenvalue weighted by atomic mass is 9.96. The highest BCUT2D eigenvalue weighted by Gasteiger charge is 2.21. The van der Waals surface area contributed by atoms with Crippen molar-refractivity contribution < 1.29 is 4.79 Å². The number of hydrogen-bond acceptors (Lipinski definition) is 3. The lowest BCUT2D eigenvalue weighted by molar-refractivity contribution is -0.115. The first-order valence-corrected chi connectivity index (χ1v) is 6.82. The lowest BCUT2D eigenvalue weighted by Crippen LogP contribution is -2.23. The number of amides is 1. The van der Waals surface area contributed by atoms with Crippen LogP contribution in [0.5, 0.6) is 0 Å². The summed E-state index contributed by atoms with van der Waals surface area (Å²) in [6.45, 7) is 2.04.